The third-order valence-electron chi connectivity index (χ3n) is 10.8. The lowest BCUT2D eigenvalue weighted by Gasteiger charge is -2.45. The van der Waals surface area contributed by atoms with E-state index in [4.69, 9.17) is 37.9 Å². The van der Waals surface area contributed by atoms with Gasteiger partial charge in [-0.1, -0.05) is 95.4 Å². The number of methoxy groups -OCH3 is 3. The number of hydrogen-bond acceptors (Lipinski definition) is 16. The lowest BCUT2D eigenvalue weighted by atomic mass is 9.98. The van der Waals surface area contributed by atoms with Crippen molar-refractivity contribution < 1.29 is 57.7 Å². The van der Waals surface area contributed by atoms with Crippen molar-refractivity contribution in [1.82, 2.24) is 30.0 Å². The summed E-state index contributed by atoms with van der Waals surface area (Å²) in [6, 6.07) is 30.8. The van der Waals surface area contributed by atoms with Crippen molar-refractivity contribution in [2.75, 3.05) is 27.9 Å². The number of phenolic OH excluding ortho intramolecular Hbond substituents is 2. The first-order valence-electron chi connectivity index (χ1n) is 20.9. The molecule has 18 heteroatoms. The van der Waals surface area contributed by atoms with Gasteiger partial charge in [-0.15, -0.1) is 10.2 Å². The number of carbonyl (C=O) groups is 2. The highest BCUT2D eigenvalue weighted by atomic mass is 16.7. The van der Waals surface area contributed by atoms with Crippen molar-refractivity contribution in [3.8, 4) is 11.5 Å². The van der Waals surface area contributed by atoms with Crippen LogP contribution in [0.15, 0.2) is 122 Å². The van der Waals surface area contributed by atoms with Crippen LogP contribution in [0, 0.1) is 0 Å². The fraction of sp³-hybridized carbons (Fsp3) is 0.362. The topological polar surface area (TPSA) is 210 Å². The van der Waals surface area contributed by atoms with Gasteiger partial charge in [0.05, 0.1) is 59.6 Å². The Bertz CT molecular complexity index is 2380. The number of esters is 2. The molecule has 0 radical (unpaired) electrons. The molecular weight excluding hydrogens is 841 g/mol. The zero-order valence-electron chi connectivity index (χ0n) is 36.2. The molecule has 4 aromatic carbocycles. The number of benzene rings is 4. The van der Waals surface area contributed by atoms with Crippen LogP contribution in [0.1, 0.15) is 45.7 Å². The van der Waals surface area contributed by atoms with E-state index in [9.17, 15) is 19.8 Å². The lowest BCUT2D eigenvalue weighted by Crippen LogP contribution is -2.61. The van der Waals surface area contributed by atoms with E-state index in [0.29, 0.717) is 11.4 Å². The summed E-state index contributed by atoms with van der Waals surface area (Å²) in [6.45, 7) is 0.398. The van der Waals surface area contributed by atoms with Gasteiger partial charge >= 0.3 is 11.9 Å². The van der Waals surface area contributed by atoms with E-state index in [0.717, 1.165) is 22.3 Å². The molecule has 1 aliphatic heterocycles. The second-order valence-electron chi connectivity index (χ2n) is 15.3. The van der Waals surface area contributed by atoms with Crippen LogP contribution in [0.4, 0.5) is 0 Å². The number of aromatic nitrogens is 6. The minimum atomic E-state index is -0.963. The second kappa shape index (κ2) is 22.9. The highest BCUT2D eigenvalue weighted by Gasteiger charge is 2.49. The van der Waals surface area contributed by atoms with Crippen LogP contribution in [0.5, 0.6) is 11.5 Å². The Hall–Kier alpha value is -6.54. The normalized spacial score (nSPS) is 19.3. The Morgan fingerprint density at radius 2 is 1.05 bits per heavy atom. The van der Waals surface area contributed by atoms with Crippen molar-refractivity contribution in [2.24, 2.45) is 0 Å². The summed E-state index contributed by atoms with van der Waals surface area (Å²) in [6.07, 6.45) is -0.360. The summed E-state index contributed by atoms with van der Waals surface area (Å²) in [7, 11) is 4.12. The van der Waals surface area contributed by atoms with E-state index in [1.807, 2.05) is 60.7 Å². The average Bonchev–Trinajstić information content (AvgIpc) is 4.02. The Morgan fingerprint density at radius 3 is 1.52 bits per heavy atom. The number of hydrogen-bond donors (Lipinski definition) is 2. The number of ether oxygens (including phenoxy) is 8. The van der Waals surface area contributed by atoms with Crippen LogP contribution in [0.2, 0.25) is 0 Å². The van der Waals surface area contributed by atoms with Crippen LogP contribution >= 0.6 is 0 Å². The molecule has 1 fully saturated rings. The quantitative estimate of drug-likeness (QED) is 0.0874. The highest BCUT2D eigenvalue weighted by molar-refractivity contribution is 5.74. The second-order valence-corrected chi connectivity index (χ2v) is 15.3. The molecule has 6 aromatic rings. The van der Waals surface area contributed by atoms with Crippen molar-refractivity contribution in [1.29, 1.82) is 0 Å². The summed E-state index contributed by atoms with van der Waals surface area (Å²) in [5.41, 5.74) is 4.29. The Balaban J connectivity index is 1.10. The average molecular weight is 893 g/mol. The molecular formula is C47H52N6O12. The van der Waals surface area contributed by atoms with Crippen LogP contribution < -0.4 is 0 Å². The molecule has 3 heterocycles. The van der Waals surface area contributed by atoms with Crippen LogP contribution in [-0.2, 0) is 86.8 Å². The highest BCUT2D eigenvalue weighted by Crippen LogP contribution is 2.32. The van der Waals surface area contributed by atoms with E-state index in [1.54, 1.807) is 60.9 Å². The molecule has 0 aliphatic carbocycles. The smallest absolute Gasteiger partial charge is 0.331 e. The summed E-state index contributed by atoms with van der Waals surface area (Å²) in [5.74, 6) is -0.797. The summed E-state index contributed by atoms with van der Waals surface area (Å²) in [4.78, 5) is 25.8. The zero-order chi connectivity index (χ0) is 45.5. The largest absolute Gasteiger partial charge is 0.508 e. The van der Waals surface area contributed by atoms with Crippen LogP contribution in [-0.4, -0.2) is 111 Å². The van der Waals surface area contributed by atoms with E-state index >= 15 is 0 Å². The van der Waals surface area contributed by atoms with Crippen LogP contribution in [0.25, 0.3) is 0 Å². The maximum atomic E-state index is 12.9. The summed E-state index contributed by atoms with van der Waals surface area (Å²) < 4.78 is 51.7. The van der Waals surface area contributed by atoms with Crippen molar-refractivity contribution in [3.05, 3.63) is 155 Å². The Morgan fingerprint density at radius 1 is 0.585 bits per heavy atom. The van der Waals surface area contributed by atoms with Gasteiger partial charge in [-0.25, -0.2) is 19.0 Å². The predicted octanol–water partition coefficient (Wildman–Crippen LogP) is 4.84. The number of nitrogens with zero attached hydrogens (tertiary/aromatic N) is 6. The molecule has 18 nitrogen and oxygen atoms in total. The van der Waals surface area contributed by atoms with Gasteiger partial charge in [-0.3, -0.25) is 0 Å². The molecule has 342 valence electrons. The number of rotatable bonds is 22. The van der Waals surface area contributed by atoms with E-state index in [-0.39, 0.29) is 57.4 Å². The van der Waals surface area contributed by atoms with Crippen LogP contribution in [0.3, 0.4) is 0 Å². The fourth-order valence-electron chi connectivity index (χ4n) is 7.38. The Kier molecular flexibility index (Phi) is 16.4. The Labute approximate surface area is 375 Å². The van der Waals surface area contributed by atoms with Gasteiger partial charge in [-0.05, 0) is 46.5 Å². The summed E-state index contributed by atoms with van der Waals surface area (Å²) in [5, 5.41) is 36.5. The first kappa shape index (κ1) is 46.5. The molecule has 7 atom stereocenters. The molecule has 65 heavy (non-hydrogen) atoms. The number of aromatic hydroxyl groups is 2. The summed E-state index contributed by atoms with van der Waals surface area (Å²) >= 11 is 0. The van der Waals surface area contributed by atoms with Crippen molar-refractivity contribution >= 4 is 11.9 Å². The fourth-order valence-corrected chi connectivity index (χ4v) is 7.38. The molecule has 0 bridgehead atoms. The van der Waals surface area contributed by atoms with Gasteiger partial charge in [0.2, 0.25) is 0 Å². The predicted molar refractivity (Wildman–Crippen MR) is 230 cm³/mol. The molecule has 7 rings (SSSR count). The first-order chi connectivity index (χ1) is 31.7. The van der Waals surface area contributed by atoms with Gasteiger partial charge in [0.1, 0.15) is 47.3 Å². The minimum absolute atomic E-state index is 0.0143. The SMILES string of the molecule is COC(=O)[C@H](Cc1ccc(O)cc1)n1cc(COC[C@H]2O[C@H](OC)[C@H](OCc3cn([C@@H](Cc4ccc(O)cc4)C(=O)OC)nn3)[C@@H](OCc3ccccc3)[C@@H]2OCc2ccccc2)nn1. The monoisotopic (exact) mass is 892 g/mol. The van der Waals surface area contributed by atoms with Gasteiger partial charge in [-0.2, -0.15) is 0 Å². The molecule has 0 saturated carbocycles. The van der Waals surface area contributed by atoms with Gasteiger partial charge in [0.15, 0.2) is 18.4 Å². The number of carbonyl (C=O) groups excluding carboxylic acids is 2. The van der Waals surface area contributed by atoms with Crippen molar-refractivity contribution in [3.63, 3.8) is 0 Å². The minimum Gasteiger partial charge on any atom is -0.508 e. The standard InChI is InChI=1S/C47H52N6O12/c1-58-45(56)39(22-31-14-18-37(54)19-15-31)52-24-35(48-50-52)28-61-30-41-42(62-26-33-10-6-4-7-11-33)43(63-27-34-12-8-5-9-13-34)44(47(60-3)65-41)64-29-36-25-53(51-49-36)40(46(57)59-2)23-32-16-20-38(55)21-17-32/h4-21,24-25,39-44,47,54-55H,22-23,26-30H2,1-3H3/t39-,40-,41+,42+,43-,44+,47-/m0/s1. The lowest BCUT2D eigenvalue weighted by molar-refractivity contribution is -0.323. The van der Waals surface area contributed by atoms with Crippen molar-refractivity contribution in [2.45, 2.75) is 82.1 Å². The molecule has 1 aliphatic rings. The van der Waals surface area contributed by atoms with Gasteiger partial charge < -0.3 is 48.1 Å². The van der Waals surface area contributed by atoms with E-state index in [1.165, 1.54) is 30.7 Å². The molecule has 2 aromatic heterocycles. The first-order valence-corrected chi connectivity index (χ1v) is 20.9. The third kappa shape index (κ3) is 12.6. The van der Waals surface area contributed by atoms with Gasteiger partial charge in [0, 0.05) is 20.0 Å². The van der Waals surface area contributed by atoms with E-state index in [2.05, 4.69) is 20.6 Å². The molecule has 2 N–H and O–H groups in total. The van der Waals surface area contributed by atoms with Gasteiger partial charge in [0.25, 0.3) is 0 Å². The zero-order valence-corrected chi connectivity index (χ0v) is 36.2. The number of phenols is 2. The molecule has 1 saturated heterocycles. The maximum absolute atomic E-state index is 12.9. The van der Waals surface area contributed by atoms with E-state index < -0.39 is 54.7 Å². The molecule has 0 amide bonds. The third-order valence-corrected chi connectivity index (χ3v) is 10.8. The molecule has 0 spiro atoms. The maximum Gasteiger partial charge on any atom is 0.331 e. The molecule has 0 unspecified atom stereocenters.